The van der Waals surface area contributed by atoms with Gasteiger partial charge in [-0.15, -0.1) is 17.8 Å². The van der Waals surface area contributed by atoms with Gasteiger partial charge in [0.1, 0.15) is 11.4 Å². The fourth-order valence-electron chi connectivity index (χ4n) is 2.04. The molecule has 2 aromatic rings. The fraction of sp³-hybridized carbons (Fsp3) is 0.167. The molecule has 2 rings (SSSR count). The number of urea groups is 1. The number of amides is 3. The molecule has 0 aliphatic carbocycles. The van der Waals surface area contributed by atoms with Crippen molar-refractivity contribution >= 4 is 40.6 Å². The van der Waals surface area contributed by atoms with Gasteiger partial charge in [0.05, 0.1) is 12.8 Å². The Hall–Kier alpha value is -3.31. The van der Waals surface area contributed by atoms with Crippen molar-refractivity contribution in [2.24, 2.45) is 0 Å². The predicted octanol–water partition coefficient (Wildman–Crippen LogP) is 2.62. The van der Waals surface area contributed by atoms with Crippen LogP contribution in [0.3, 0.4) is 0 Å². The smallest absolute Gasteiger partial charge is 0.350 e. The number of rotatable bonds is 5. The van der Waals surface area contributed by atoms with Gasteiger partial charge in [-0.05, 0) is 29.6 Å². The van der Waals surface area contributed by atoms with E-state index in [1.165, 1.54) is 19.1 Å². The Labute approximate surface area is 155 Å². The van der Waals surface area contributed by atoms with Crippen molar-refractivity contribution < 1.29 is 19.1 Å². The summed E-state index contributed by atoms with van der Waals surface area (Å²) in [6, 6.07) is 7.90. The highest BCUT2D eigenvalue weighted by Crippen LogP contribution is 2.23. The van der Waals surface area contributed by atoms with Crippen LogP contribution in [0.1, 0.15) is 15.2 Å². The van der Waals surface area contributed by atoms with Crippen LogP contribution >= 0.6 is 11.3 Å². The Kier molecular flexibility index (Phi) is 6.36. The first kappa shape index (κ1) is 19.0. The second-order valence-electron chi connectivity index (χ2n) is 5.21. The SMILES string of the molecule is C#Cc1cccc(NC(=O)CN(C)C(=O)Nc2ccsc2C(=O)OC)c1. The molecule has 2 N–H and O–H groups in total. The zero-order valence-electron chi connectivity index (χ0n) is 14.2. The molecule has 1 aromatic heterocycles. The number of methoxy groups -OCH3 is 1. The standard InChI is InChI=1S/C18H17N3O4S/c1-4-12-6-5-7-13(10-12)19-15(22)11-21(2)18(24)20-14-8-9-26-16(14)17(23)25-3/h1,5-10H,11H2,2-3H3,(H,19,22)(H,20,24). The van der Waals surface area contributed by atoms with Crippen molar-refractivity contribution in [3.05, 3.63) is 46.2 Å². The van der Waals surface area contributed by atoms with Crippen LogP contribution in [-0.4, -0.2) is 43.5 Å². The maximum Gasteiger partial charge on any atom is 0.350 e. The molecule has 0 radical (unpaired) electrons. The molecule has 8 heteroatoms. The third-order valence-corrected chi connectivity index (χ3v) is 4.21. The first-order chi connectivity index (χ1) is 12.4. The molecule has 134 valence electrons. The summed E-state index contributed by atoms with van der Waals surface area (Å²) in [5, 5.41) is 6.91. The molecule has 0 fully saturated rings. The molecule has 0 spiro atoms. The minimum atomic E-state index is -0.538. The molecule has 26 heavy (non-hydrogen) atoms. The molecule has 0 saturated carbocycles. The van der Waals surface area contributed by atoms with Crippen LogP contribution in [0, 0.1) is 12.3 Å². The fourth-order valence-corrected chi connectivity index (χ4v) is 2.81. The van der Waals surface area contributed by atoms with Crippen molar-refractivity contribution in [3.8, 4) is 12.3 Å². The summed E-state index contributed by atoms with van der Waals surface area (Å²) in [6.45, 7) is -0.177. The van der Waals surface area contributed by atoms with E-state index in [0.29, 0.717) is 16.9 Å². The highest BCUT2D eigenvalue weighted by molar-refractivity contribution is 7.12. The van der Waals surface area contributed by atoms with Crippen LogP contribution in [0.4, 0.5) is 16.2 Å². The van der Waals surface area contributed by atoms with E-state index in [2.05, 4.69) is 21.3 Å². The van der Waals surface area contributed by atoms with E-state index in [1.54, 1.807) is 35.7 Å². The minimum Gasteiger partial charge on any atom is -0.465 e. The minimum absolute atomic E-state index is 0.177. The van der Waals surface area contributed by atoms with Crippen molar-refractivity contribution in [2.45, 2.75) is 0 Å². The Morgan fingerprint density at radius 1 is 1.27 bits per heavy atom. The monoisotopic (exact) mass is 371 g/mol. The number of nitrogens with one attached hydrogen (secondary N) is 2. The highest BCUT2D eigenvalue weighted by atomic mass is 32.1. The Morgan fingerprint density at radius 3 is 2.73 bits per heavy atom. The van der Waals surface area contributed by atoms with E-state index in [4.69, 9.17) is 6.42 Å². The topological polar surface area (TPSA) is 87.7 Å². The van der Waals surface area contributed by atoms with Crippen molar-refractivity contribution in [2.75, 3.05) is 31.3 Å². The molecule has 7 nitrogen and oxygen atoms in total. The van der Waals surface area contributed by atoms with E-state index in [9.17, 15) is 14.4 Å². The van der Waals surface area contributed by atoms with E-state index in [-0.39, 0.29) is 17.3 Å². The van der Waals surface area contributed by atoms with Crippen molar-refractivity contribution in [1.29, 1.82) is 0 Å². The number of thiophene rings is 1. The van der Waals surface area contributed by atoms with Crippen molar-refractivity contribution in [1.82, 2.24) is 4.90 Å². The summed E-state index contributed by atoms with van der Waals surface area (Å²) >= 11 is 1.15. The number of benzene rings is 1. The van der Waals surface area contributed by atoms with Gasteiger partial charge in [0.15, 0.2) is 0 Å². The van der Waals surface area contributed by atoms with E-state index >= 15 is 0 Å². The largest absolute Gasteiger partial charge is 0.465 e. The molecule has 3 amide bonds. The quantitative estimate of drug-likeness (QED) is 0.625. The number of hydrogen-bond donors (Lipinski definition) is 2. The molecule has 0 unspecified atom stereocenters. The molecular formula is C18H17N3O4S. The summed E-state index contributed by atoms with van der Waals surface area (Å²) in [6.07, 6.45) is 5.32. The van der Waals surface area contributed by atoms with Gasteiger partial charge in [-0.25, -0.2) is 9.59 Å². The number of carbonyl (C=O) groups excluding carboxylic acids is 3. The molecule has 1 heterocycles. The molecule has 0 aliphatic rings. The highest BCUT2D eigenvalue weighted by Gasteiger charge is 2.18. The van der Waals surface area contributed by atoms with Gasteiger partial charge in [0, 0.05) is 18.3 Å². The summed E-state index contributed by atoms with van der Waals surface area (Å²) in [7, 11) is 2.73. The maximum atomic E-state index is 12.2. The van der Waals surface area contributed by atoms with Crippen LogP contribution in [0.25, 0.3) is 0 Å². The average Bonchev–Trinajstić information content (AvgIpc) is 3.09. The van der Waals surface area contributed by atoms with Gasteiger partial charge in [0.2, 0.25) is 5.91 Å². The second kappa shape index (κ2) is 8.69. The van der Waals surface area contributed by atoms with E-state index in [0.717, 1.165) is 11.3 Å². The lowest BCUT2D eigenvalue weighted by molar-refractivity contribution is -0.116. The number of likely N-dealkylation sites (N-methyl/N-ethyl adjacent to an activating group) is 1. The average molecular weight is 371 g/mol. The summed E-state index contributed by atoms with van der Waals surface area (Å²) in [5.74, 6) is 1.56. The lowest BCUT2D eigenvalue weighted by Crippen LogP contribution is -2.37. The molecule has 0 atom stereocenters. The van der Waals surface area contributed by atoms with Crippen LogP contribution in [0.2, 0.25) is 0 Å². The van der Waals surface area contributed by atoms with Gasteiger partial charge in [-0.1, -0.05) is 12.0 Å². The van der Waals surface area contributed by atoms with Gasteiger partial charge in [-0.3, -0.25) is 4.79 Å². The molecule has 0 aliphatic heterocycles. The number of esters is 1. The first-order valence-electron chi connectivity index (χ1n) is 7.49. The lowest BCUT2D eigenvalue weighted by Gasteiger charge is -2.17. The Morgan fingerprint density at radius 2 is 2.04 bits per heavy atom. The Balaban J connectivity index is 1.94. The zero-order valence-corrected chi connectivity index (χ0v) is 15.1. The van der Waals surface area contributed by atoms with Crippen LogP contribution in [-0.2, 0) is 9.53 Å². The van der Waals surface area contributed by atoms with Gasteiger partial charge in [0.25, 0.3) is 0 Å². The van der Waals surface area contributed by atoms with Crippen LogP contribution < -0.4 is 10.6 Å². The van der Waals surface area contributed by atoms with Gasteiger partial charge in [-0.2, -0.15) is 0 Å². The lowest BCUT2D eigenvalue weighted by atomic mass is 10.2. The molecule has 0 saturated heterocycles. The molecule has 0 bridgehead atoms. The Bertz CT molecular complexity index is 869. The summed E-state index contributed by atoms with van der Waals surface area (Å²) in [4.78, 5) is 37.4. The number of ether oxygens (including phenoxy) is 1. The van der Waals surface area contributed by atoms with Gasteiger partial charge < -0.3 is 20.3 Å². The van der Waals surface area contributed by atoms with E-state index in [1.807, 2.05) is 0 Å². The van der Waals surface area contributed by atoms with Crippen molar-refractivity contribution in [3.63, 3.8) is 0 Å². The number of hydrogen-bond acceptors (Lipinski definition) is 5. The van der Waals surface area contributed by atoms with E-state index < -0.39 is 12.0 Å². The normalized spacial score (nSPS) is 9.73. The summed E-state index contributed by atoms with van der Waals surface area (Å²) < 4.78 is 4.66. The number of anilines is 2. The number of terminal acetylenes is 1. The molecular weight excluding hydrogens is 354 g/mol. The third-order valence-electron chi connectivity index (χ3n) is 3.32. The molecule has 1 aromatic carbocycles. The van der Waals surface area contributed by atoms with Gasteiger partial charge >= 0.3 is 12.0 Å². The third kappa shape index (κ3) is 4.84. The number of carbonyl (C=O) groups is 3. The zero-order chi connectivity index (χ0) is 19.1. The summed E-state index contributed by atoms with van der Waals surface area (Å²) in [5.41, 5.74) is 1.52. The number of nitrogens with zero attached hydrogens (tertiary/aromatic N) is 1. The maximum absolute atomic E-state index is 12.2. The predicted molar refractivity (Wildman–Crippen MR) is 100 cm³/mol. The first-order valence-corrected chi connectivity index (χ1v) is 8.37. The van der Waals surface area contributed by atoms with Crippen LogP contribution in [0.5, 0.6) is 0 Å². The van der Waals surface area contributed by atoms with Crippen LogP contribution in [0.15, 0.2) is 35.7 Å². The second-order valence-corrected chi connectivity index (χ2v) is 6.13.